The number of carbonyl (C=O) groups excluding carboxylic acids is 2. The van der Waals surface area contributed by atoms with Gasteiger partial charge >= 0.3 is 11.9 Å². The van der Waals surface area contributed by atoms with E-state index in [2.05, 4.69) is 4.74 Å². The molecule has 5 heteroatoms. The molecule has 0 saturated heterocycles. The van der Waals surface area contributed by atoms with E-state index >= 15 is 0 Å². The number of ether oxygens (including phenoxy) is 2. The molecule has 0 fully saturated rings. The minimum atomic E-state index is -0.947. The lowest BCUT2D eigenvalue weighted by molar-refractivity contribution is -0.134. The molecule has 0 spiro atoms. The summed E-state index contributed by atoms with van der Waals surface area (Å²) in [5.74, 6) is -1.11. The highest BCUT2D eigenvalue weighted by atomic mass is 35.5. The van der Waals surface area contributed by atoms with Gasteiger partial charge in [-0.25, -0.2) is 9.59 Å². The van der Waals surface area contributed by atoms with Crippen LogP contribution in [0.3, 0.4) is 0 Å². The van der Waals surface area contributed by atoms with Crippen molar-refractivity contribution >= 4 is 23.5 Å². The van der Waals surface area contributed by atoms with Gasteiger partial charge < -0.3 is 9.47 Å². The minimum Gasteiger partial charge on any atom is -0.465 e. The number of hydrogen-bond acceptors (Lipinski definition) is 4. The third-order valence-electron chi connectivity index (χ3n) is 2.80. The Hall–Kier alpha value is -2.33. The summed E-state index contributed by atoms with van der Waals surface area (Å²) >= 11 is 6.08. The van der Waals surface area contributed by atoms with E-state index < -0.39 is 17.3 Å². The van der Waals surface area contributed by atoms with Gasteiger partial charge in [-0.15, -0.1) is 11.6 Å². The van der Waals surface area contributed by atoms with Crippen LogP contribution in [0.2, 0.25) is 0 Å². The predicted molar refractivity (Wildman–Crippen MR) is 78.5 cm³/mol. The smallest absolute Gasteiger partial charge is 0.341 e. The Morgan fingerprint density at radius 3 is 2.29 bits per heavy atom. The van der Waals surface area contributed by atoms with Crippen LogP contribution in [0.4, 0.5) is 0 Å². The van der Waals surface area contributed by atoms with Gasteiger partial charge in [0, 0.05) is 0 Å². The molecule has 0 aromatic heterocycles. The largest absolute Gasteiger partial charge is 0.465 e. The molecule has 0 aliphatic heterocycles. The van der Waals surface area contributed by atoms with E-state index in [9.17, 15) is 9.59 Å². The number of para-hydroxylation sites is 1. The van der Waals surface area contributed by atoms with Crippen molar-refractivity contribution in [2.75, 3.05) is 7.11 Å². The first-order valence-corrected chi connectivity index (χ1v) is 6.65. The van der Waals surface area contributed by atoms with Crippen molar-refractivity contribution in [1.29, 1.82) is 0 Å². The van der Waals surface area contributed by atoms with Crippen molar-refractivity contribution < 1.29 is 19.1 Å². The number of alkyl halides is 1. The van der Waals surface area contributed by atoms with Crippen LogP contribution in [0.15, 0.2) is 54.6 Å². The topological polar surface area (TPSA) is 52.6 Å². The maximum absolute atomic E-state index is 12.1. The maximum Gasteiger partial charge on any atom is 0.341 e. The molecule has 1 unspecified atom stereocenters. The summed E-state index contributed by atoms with van der Waals surface area (Å²) in [5.41, 5.74) is 0.796. The van der Waals surface area contributed by atoms with Gasteiger partial charge in [-0.05, 0) is 17.7 Å². The molecule has 0 radical (unpaired) electrons. The highest BCUT2D eigenvalue weighted by molar-refractivity contribution is 6.30. The van der Waals surface area contributed by atoms with Gasteiger partial charge in [-0.2, -0.15) is 0 Å². The second kappa shape index (κ2) is 6.90. The fraction of sp³-hybridized carbons (Fsp3) is 0.125. The molecule has 0 N–H and O–H groups in total. The maximum atomic E-state index is 12.1. The van der Waals surface area contributed by atoms with Crippen LogP contribution in [0.25, 0.3) is 0 Å². The van der Waals surface area contributed by atoms with E-state index in [0.717, 1.165) is 0 Å². The van der Waals surface area contributed by atoms with Gasteiger partial charge in [0.05, 0.1) is 7.11 Å². The van der Waals surface area contributed by atoms with Crippen LogP contribution in [0.5, 0.6) is 5.75 Å². The molecule has 0 saturated carbocycles. The zero-order chi connectivity index (χ0) is 15.2. The van der Waals surface area contributed by atoms with Crippen molar-refractivity contribution in [2.24, 2.45) is 0 Å². The van der Waals surface area contributed by atoms with E-state index in [4.69, 9.17) is 16.3 Å². The van der Waals surface area contributed by atoms with Gasteiger partial charge in [0.1, 0.15) is 11.3 Å². The standard InChI is InChI=1S/C16H13ClO4/c1-20-15(18)12-9-5-6-10-13(12)21-16(19)14(17)11-7-3-2-4-8-11/h2-10,14H,1H3. The van der Waals surface area contributed by atoms with E-state index in [-0.39, 0.29) is 11.3 Å². The molecule has 1 atom stereocenters. The lowest BCUT2D eigenvalue weighted by Crippen LogP contribution is -2.16. The SMILES string of the molecule is COC(=O)c1ccccc1OC(=O)C(Cl)c1ccccc1. The number of esters is 2. The summed E-state index contributed by atoms with van der Waals surface area (Å²) in [6.07, 6.45) is 0. The van der Waals surface area contributed by atoms with Crippen molar-refractivity contribution in [3.8, 4) is 5.75 Å². The quantitative estimate of drug-likeness (QED) is 0.494. The van der Waals surface area contributed by atoms with Crippen LogP contribution in [-0.2, 0) is 9.53 Å². The molecular weight excluding hydrogens is 292 g/mol. The Balaban J connectivity index is 2.19. The molecule has 4 nitrogen and oxygen atoms in total. The Morgan fingerprint density at radius 1 is 1.00 bits per heavy atom. The van der Waals surface area contributed by atoms with E-state index in [0.29, 0.717) is 5.56 Å². The summed E-state index contributed by atoms with van der Waals surface area (Å²) in [6.45, 7) is 0. The fourth-order valence-corrected chi connectivity index (χ4v) is 1.94. The van der Waals surface area contributed by atoms with Crippen molar-refractivity contribution in [3.05, 3.63) is 65.7 Å². The molecule has 108 valence electrons. The third kappa shape index (κ3) is 3.61. The second-order valence-electron chi connectivity index (χ2n) is 4.18. The van der Waals surface area contributed by atoms with Gasteiger partial charge in [0.2, 0.25) is 0 Å². The molecule has 0 heterocycles. The predicted octanol–water partition coefficient (Wildman–Crippen LogP) is 3.36. The molecule has 0 aliphatic rings. The molecule has 0 aliphatic carbocycles. The average molecular weight is 305 g/mol. The van der Waals surface area contributed by atoms with E-state index in [1.54, 1.807) is 36.4 Å². The summed E-state index contributed by atoms with van der Waals surface area (Å²) < 4.78 is 9.85. The van der Waals surface area contributed by atoms with Gasteiger partial charge in [0.25, 0.3) is 0 Å². The summed E-state index contributed by atoms with van der Waals surface area (Å²) in [6, 6.07) is 15.2. The van der Waals surface area contributed by atoms with Crippen LogP contribution >= 0.6 is 11.6 Å². The van der Waals surface area contributed by atoms with Gasteiger partial charge in [-0.3, -0.25) is 0 Å². The monoisotopic (exact) mass is 304 g/mol. The number of halogens is 1. The van der Waals surface area contributed by atoms with E-state index in [1.807, 2.05) is 6.07 Å². The van der Waals surface area contributed by atoms with Gasteiger partial charge in [0.15, 0.2) is 5.38 Å². The van der Waals surface area contributed by atoms with Crippen molar-refractivity contribution in [1.82, 2.24) is 0 Å². The summed E-state index contributed by atoms with van der Waals surface area (Å²) in [7, 11) is 1.26. The first-order valence-electron chi connectivity index (χ1n) is 6.21. The average Bonchev–Trinajstić information content (AvgIpc) is 2.54. The highest BCUT2D eigenvalue weighted by Crippen LogP contribution is 2.25. The fourth-order valence-electron chi connectivity index (χ4n) is 1.75. The Labute approximate surface area is 127 Å². The third-order valence-corrected chi connectivity index (χ3v) is 3.23. The summed E-state index contributed by atoms with van der Waals surface area (Å²) in [5, 5.41) is -0.947. The normalized spacial score (nSPS) is 11.5. The van der Waals surface area contributed by atoms with E-state index in [1.165, 1.54) is 19.2 Å². The van der Waals surface area contributed by atoms with Crippen molar-refractivity contribution in [3.63, 3.8) is 0 Å². The van der Waals surface area contributed by atoms with Crippen LogP contribution in [-0.4, -0.2) is 19.0 Å². The first kappa shape index (κ1) is 15.1. The second-order valence-corrected chi connectivity index (χ2v) is 4.62. The minimum absolute atomic E-state index is 0.121. The number of methoxy groups -OCH3 is 1. The number of rotatable bonds is 4. The number of carbonyl (C=O) groups is 2. The molecule has 2 aromatic carbocycles. The first-order chi connectivity index (χ1) is 10.1. The Morgan fingerprint density at radius 2 is 1.62 bits per heavy atom. The van der Waals surface area contributed by atoms with Gasteiger partial charge in [-0.1, -0.05) is 42.5 Å². The summed E-state index contributed by atoms with van der Waals surface area (Å²) in [4.78, 5) is 23.7. The van der Waals surface area contributed by atoms with Crippen molar-refractivity contribution in [2.45, 2.75) is 5.38 Å². The van der Waals surface area contributed by atoms with Crippen LogP contribution in [0, 0.1) is 0 Å². The molecule has 2 rings (SSSR count). The van der Waals surface area contributed by atoms with Crippen LogP contribution < -0.4 is 4.74 Å². The molecule has 0 bridgehead atoms. The Kier molecular flexibility index (Phi) is 4.95. The molecular formula is C16H13ClO4. The molecule has 21 heavy (non-hydrogen) atoms. The lowest BCUT2D eigenvalue weighted by atomic mass is 10.1. The number of hydrogen-bond donors (Lipinski definition) is 0. The highest BCUT2D eigenvalue weighted by Gasteiger charge is 2.22. The number of benzene rings is 2. The molecule has 0 amide bonds. The molecule has 2 aromatic rings. The Bertz CT molecular complexity index is 640. The van der Waals surface area contributed by atoms with Crippen LogP contribution in [0.1, 0.15) is 21.3 Å². The zero-order valence-electron chi connectivity index (χ0n) is 11.3. The lowest BCUT2D eigenvalue weighted by Gasteiger charge is -2.12. The zero-order valence-corrected chi connectivity index (χ0v) is 12.0.